The Labute approximate surface area is 110 Å². The monoisotopic (exact) mass is 236 g/mol. The van der Waals surface area contributed by atoms with E-state index in [1.54, 1.807) is 6.07 Å². The van der Waals surface area contributed by atoms with Crippen molar-refractivity contribution < 1.29 is 17.8 Å². The third kappa shape index (κ3) is 4.27. The number of hydrogen-bond acceptors (Lipinski definition) is 3. The first-order chi connectivity index (χ1) is 6.55. The molecule has 0 bridgehead atoms. The Balaban J connectivity index is 0.00000196. The summed E-state index contributed by atoms with van der Waals surface area (Å²) < 4.78 is 30.5. The first-order valence-corrected chi connectivity index (χ1v) is 5.18. The van der Waals surface area contributed by atoms with Crippen LogP contribution in [0.2, 0.25) is 0 Å². The molecule has 1 N–H and O–H groups in total. The van der Waals surface area contributed by atoms with Crippen LogP contribution >= 0.6 is 0 Å². The van der Waals surface area contributed by atoms with Gasteiger partial charge in [-0.05, 0) is 17.7 Å². The minimum atomic E-state index is -4.23. The van der Waals surface area contributed by atoms with Crippen molar-refractivity contribution >= 4 is 52.0 Å². The Morgan fingerprint density at radius 1 is 1.20 bits per heavy atom. The van der Waals surface area contributed by atoms with Crippen molar-refractivity contribution in [1.29, 1.82) is 0 Å². The van der Waals surface area contributed by atoms with Crippen molar-refractivity contribution in [1.82, 2.24) is 0 Å². The summed E-state index contributed by atoms with van der Waals surface area (Å²) in [5.74, 6) is 0. The first-order valence-electron chi connectivity index (χ1n) is 3.74. The standard InChI is InChI=1S/C9H8O4S.Na.H/c10-7-3-5-8-4-1-2-6-9(8)14(11,12)13;;/h1-7H,(H,11,12,13);;/b5-3+;;. The van der Waals surface area contributed by atoms with Crippen LogP contribution < -0.4 is 0 Å². The number of aldehydes is 1. The fraction of sp³-hybridized carbons (Fsp3) is 0. The van der Waals surface area contributed by atoms with Crippen molar-refractivity contribution in [3.05, 3.63) is 35.9 Å². The second-order valence-corrected chi connectivity index (χ2v) is 3.90. The van der Waals surface area contributed by atoms with E-state index in [9.17, 15) is 13.2 Å². The quantitative estimate of drug-likeness (QED) is 0.359. The predicted molar refractivity (Wildman–Crippen MR) is 58.5 cm³/mol. The van der Waals surface area contributed by atoms with Crippen LogP contribution in [0.5, 0.6) is 0 Å². The predicted octanol–water partition coefficient (Wildman–Crippen LogP) is 0.497. The van der Waals surface area contributed by atoms with Crippen molar-refractivity contribution in [2.24, 2.45) is 0 Å². The minimum absolute atomic E-state index is 0. The van der Waals surface area contributed by atoms with E-state index in [2.05, 4.69) is 0 Å². The van der Waals surface area contributed by atoms with Crippen LogP contribution in [0.15, 0.2) is 35.2 Å². The van der Waals surface area contributed by atoms with E-state index in [1.807, 2.05) is 0 Å². The molecule has 0 radical (unpaired) electrons. The molecule has 0 aliphatic heterocycles. The molecule has 0 unspecified atom stereocenters. The maximum atomic E-state index is 10.9. The Morgan fingerprint density at radius 3 is 2.33 bits per heavy atom. The summed E-state index contributed by atoms with van der Waals surface area (Å²) in [6.45, 7) is 0. The number of allylic oxidation sites excluding steroid dienone is 1. The van der Waals surface area contributed by atoms with Gasteiger partial charge in [0, 0.05) is 0 Å². The van der Waals surface area contributed by atoms with Crippen molar-refractivity contribution in [2.75, 3.05) is 0 Å². The van der Waals surface area contributed by atoms with E-state index >= 15 is 0 Å². The van der Waals surface area contributed by atoms with Crippen molar-refractivity contribution in [3.63, 3.8) is 0 Å². The summed E-state index contributed by atoms with van der Waals surface area (Å²) in [6.07, 6.45) is 3.00. The van der Waals surface area contributed by atoms with Crippen molar-refractivity contribution in [3.8, 4) is 0 Å². The van der Waals surface area contributed by atoms with Crippen LogP contribution in [0, 0.1) is 0 Å². The maximum absolute atomic E-state index is 10.9. The van der Waals surface area contributed by atoms with E-state index in [-0.39, 0.29) is 40.0 Å². The van der Waals surface area contributed by atoms with Gasteiger partial charge < -0.3 is 0 Å². The molecule has 76 valence electrons. The summed E-state index contributed by atoms with van der Waals surface area (Å²) in [5, 5.41) is 0. The number of benzene rings is 1. The summed E-state index contributed by atoms with van der Waals surface area (Å²) in [5.41, 5.74) is 0.280. The molecule has 0 atom stereocenters. The summed E-state index contributed by atoms with van der Waals surface area (Å²) in [6, 6.07) is 5.85. The SMILES string of the molecule is O=C/C=C/c1ccccc1S(=O)(=O)O.[NaH]. The van der Waals surface area contributed by atoms with Crippen LogP contribution in [0.25, 0.3) is 6.08 Å². The van der Waals surface area contributed by atoms with Crippen LogP contribution in [0.4, 0.5) is 0 Å². The van der Waals surface area contributed by atoms with Crippen LogP contribution in [-0.2, 0) is 14.9 Å². The Kier molecular flexibility index (Phi) is 6.00. The molecule has 15 heavy (non-hydrogen) atoms. The van der Waals surface area contributed by atoms with E-state index in [0.29, 0.717) is 6.29 Å². The fourth-order valence-electron chi connectivity index (χ4n) is 0.996. The van der Waals surface area contributed by atoms with Gasteiger partial charge in [-0.1, -0.05) is 24.3 Å². The molecule has 0 aromatic heterocycles. The van der Waals surface area contributed by atoms with Gasteiger partial charge in [0.05, 0.1) is 0 Å². The molecule has 0 fully saturated rings. The molecule has 1 rings (SSSR count). The van der Waals surface area contributed by atoms with E-state index in [0.717, 1.165) is 6.08 Å². The van der Waals surface area contributed by atoms with Crippen LogP contribution in [0.3, 0.4) is 0 Å². The molecule has 0 spiro atoms. The van der Waals surface area contributed by atoms with Gasteiger partial charge >= 0.3 is 29.6 Å². The van der Waals surface area contributed by atoms with E-state index in [1.165, 1.54) is 24.3 Å². The molecule has 6 heteroatoms. The molecular formula is C9H9NaO4S. The van der Waals surface area contributed by atoms with Gasteiger partial charge in [0.2, 0.25) is 0 Å². The number of carbonyl (C=O) groups is 1. The number of rotatable bonds is 3. The molecule has 0 saturated carbocycles. The molecule has 0 amide bonds. The Morgan fingerprint density at radius 2 is 1.80 bits per heavy atom. The van der Waals surface area contributed by atoms with Gasteiger partial charge in [-0.3, -0.25) is 9.35 Å². The molecule has 1 aromatic rings. The molecule has 0 aliphatic carbocycles. The summed E-state index contributed by atoms with van der Waals surface area (Å²) in [7, 11) is -4.23. The summed E-state index contributed by atoms with van der Waals surface area (Å²) in [4.78, 5) is 9.83. The van der Waals surface area contributed by atoms with Crippen LogP contribution in [0.1, 0.15) is 5.56 Å². The summed E-state index contributed by atoms with van der Waals surface area (Å²) >= 11 is 0. The van der Waals surface area contributed by atoms with Gasteiger partial charge in [0.25, 0.3) is 10.1 Å². The van der Waals surface area contributed by atoms with Gasteiger partial charge in [0.15, 0.2) is 0 Å². The molecule has 0 saturated heterocycles. The number of carbonyl (C=O) groups excluding carboxylic acids is 1. The third-order valence-electron chi connectivity index (χ3n) is 1.55. The van der Waals surface area contributed by atoms with E-state index in [4.69, 9.17) is 4.55 Å². The topological polar surface area (TPSA) is 71.4 Å². The zero-order valence-electron chi connectivity index (χ0n) is 7.12. The Bertz CT molecular complexity index is 465. The number of hydrogen-bond donors (Lipinski definition) is 1. The molecule has 0 aliphatic rings. The molecule has 4 nitrogen and oxygen atoms in total. The molecule has 0 heterocycles. The molecular weight excluding hydrogens is 227 g/mol. The first kappa shape index (κ1) is 14.5. The van der Waals surface area contributed by atoms with Crippen molar-refractivity contribution in [2.45, 2.75) is 4.90 Å². The van der Waals surface area contributed by atoms with Gasteiger partial charge in [-0.2, -0.15) is 8.42 Å². The zero-order chi connectivity index (χ0) is 10.6. The average molecular weight is 236 g/mol. The third-order valence-corrected chi connectivity index (χ3v) is 2.48. The second-order valence-electron chi connectivity index (χ2n) is 2.51. The van der Waals surface area contributed by atoms with Gasteiger partial charge in [0.1, 0.15) is 11.2 Å². The van der Waals surface area contributed by atoms with E-state index < -0.39 is 10.1 Å². The fourth-order valence-corrected chi connectivity index (χ4v) is 1.68. The van der Waals surface area contributed by atoms with Gasteiger partial charge in [-0.25, -0.2) is 0 Å². The normalized spacial score (nSPS) is 11.0. The Hall–Kier alpha value is -0.460. The zero-order valence-corrected chi connectivity index (χ0v) is 7.94. The second kappa shape index (κ2) is 6.19. The van der Waals surface area contributed by atoms with Gasteiger partial charge in [-0.15, -0.1) is 0 Å². The average Bonchev–Trinajstić information content (AvgIpc) is 2.14. The molecule has 1 aromatic carbocycles. The van der Waals surface area contributed by atoms with Crippen LogP contribution in [-0.4, -0.2) is 48.8 Å².